The van der Waals surface area contributed by atoms with Crippen LogP contribution in [0.3, 0.4) is 0 Å². The van der Waals surface area contributed by atoms with E-state index in [0.29, 0.717) is 13.0 Å². The third-order valence-electron chi connectivity index (χ3n) is 3.80. The van der Waals surface area contributed by atoms with Crippen molar-refractivity contribution in [2.75, 3.05) is 13.3 Å². The number of aromatic nitrogens is 2. The fourth-order valence-corrected chi connectivity index (χ4v) is 3.61. The van der Waals surface area contributed by atoms with Crippen LogP contribution in [0.1, 0.15) is 11.3 Å². The number of carbonyl (C=O) groups excluding carboxylic acids is 1. The minimum atomic E-state index is 0.0666. The van der Waals surface area contributed by atoms with Gasteiger partial charge in [-0.2, -0.15) is 0 Å². The highest BCUT2D eigenvalue weighted by Crippen LogP contribution is 2.23. The molecule has 25 heavy (non-hydrogen) atoms. The zero-order chi connectivity index (χ0) is 17.6. The van der Waals surface area contributed by atoms with Crippen LogP contribution in [0.15, 0.2) is 59.1 Å². The lowest BCUT2D eigenvalue weighted by Gasteiger charge is -2.17. The number of rotatable bonds is 6. The van der Waals surface area contributed by atoms with Gasteiger partial charge in [0.2, 0.25) is 5.91 Å². The Hall–Kier alpha value is -2.18. The van der Waals surface area contributed by atoms with Gasteiger partial charge >= 0.3 is 0 Å². The first-order chi connectivity index (χ1) is 12.2. The quantitative estimate of drug-likeness (QED) is 0.613. The summed E-state index contributed by atoms with van der Waals surface area (Å²) in [5.74, 6) is 0.0666. The molecule has 0 unspecified atom stereocenters. The lowest BCUT2D eigenvalue weighted by Crippen LogP contribution is -2.27. The van der Waals surface area contributed by atoms with Crippen LogP contribution in [0.2, 0.25) is 0 Å². The molecule has 128 valence electrons. The highest BCUT2D eigenvalue weighted by Gasteiger charge is 2.13. The summed E-state index contributed by atoms with van der Waals surface area (Å²) in [5, 5.41) is 2.84. The molecule has 0 aliphatic carbocycles. The standard InChI is InChI=1S/C19H19N3OS2/c1-22(12-14-5-7-17(24-2)8-6-14)18(23)10-16-13-25-19(21-16)15-4-3-9-20-11-15/h3-9,11,13H,10,12H2,1-2H3. The third-order valence-corrected chi connectivity index (χ3v) is 5.48. The molecule has 0 fully saturated rings. The van der Waals surface area contributed by atoms with Gasteiger partial charge < -0.3 is 4.90 Å². The van der Waals surface area contributed by atoms with Crippen LogP contribution in [0, 0.1) is 0 Å². The molecule has 6 heteroatoms. The zero-order valence-electron chi connectivity index (χ0n) is 14.2. The molecule has 0 aliphatic rings. The molecule has 1 amide bonds. The van der Waals surface area contributed by atoms with E-state index in [0.717, 1.165) is 21.8 Å². The summed E-state index contributed by atoms with van der Waals surface area (Å²) in [5.41, 5.74) is 2.91. The Bertz CT molecular complexity index is 831. The Morgan fingerprint density at radius 1 is 1.24 bits per heavy atom. The van der Waals surface area contributed by atoms with Gasteiger partial charge in [0.1, 0.15) is 5.01 Å². The van der Waals surface area contributed by atoms with Gasteiger partial charge in [-0.15, -0.1) is 23.1 Å². The number of pyridine rings is 1. The molecule has 0 bridgehead atoms. The summed E-state index contributed by atoms with van der Waals surface area (Å²) in [6.07, 6.45) is 5.89. The van der Waals surface area contributed by atoms with Gasteiger partial charge in [0.25, 0.3) is 0 Å². The number of nitrogens with zero attached hydrogens (tertiary/aromatic N) is 3. The van der Waals surface area contributed by atoms with Crippen LogP contribution < -0.4 is 0 Å². The van der Waals surface area contributed by atoms with E-state index in [1.807, 2.05) is 24.6 Å². The smallest absolute Gasteiger partial charge is 0.228 e. The Morgan fingerprint density at radius 2 is 2.04 bits per heavy atom. The number of hydrogen-bond acceptors (Lipinski definition) is 5. The third kappa shape index (κ3) is 4.67. The number of likely N-dealkylation sites (N-methyl/N-ethyl adjacent to an activating group) is 1. The molecule has 4 nitrogen and oxygen atoms in total. The number of amides is 1. The number of thioether (sulfide) groups is 1. The predicted octanol–water partition coefficient (Wildman–Crippen LogP) is 4.13. The van der Waals surface area contributed by atoms with Crippen LogP contribution in [0.5, 0.6) is 0 Å². The second-order valence-electron chi connectivity index (χ2n) is 5.66. The van der Waals surface area contributed by atoms with Gasteiger partial charge in [0.05, 0.1) is 12.1 Å². The highest BCUT2D eigenvalue weighted by molar-refractivity contribution is 7.98. The molecule has 0 spiro atoms. The monoisotopic (exact) mass is 369 g/mol. The van der Waals surface area contributed by atoms with Crippen molar-refractivity contribution in [1.29, 1.82) is 0 Å². The lowest BCUT2D eigenvalue weighted by atomic mass is 10.2. The average Bonchev–Trinajstić information content (AvgIpc) is 3.11. The number of thiazole rings is 1. The minimum Gasteiger partial charge on any atom is -0.341 e. The van der Waals surface area contributed by atoms with Crippen LogP contribution >= 0.6 is 23.1 Å². The predicted molar refractivity (Wildman–Crippen MR) is 104 cm³/mol. The molecule has 0 radical (unpaired) electrons. The first kappa shape index (κ1) is 17.6. The van der Waals surface area contributed by atoms with Gasteiger partial charge in [0.15, 0.2) is 0 Å². The second-order valence-corrected chi connectivity index (χ2v) is 7.40. The minimum absolute atomic E-state index is 0.0666. The SMILES string of the molecule is CSc1ccc(CN(C)C(=O)Cc2csc(-c3cccnc3)n2)cc1. The highest BCUT2D eigenvalue weighted by atomic mass is 32.2. The molecule has 2 aromatic heterocycles. The molecular weight excluding hydrogens is 350 g/mol. The molecule has 0 saturated heterocycles. The summed E-state index contributed by atoms with van der Waals surface area (Å²) < 4.78 is 0. The van der Waals surface area contributed by atoms with E-state index in [-0.39, 0.29) is 5.91 Å². The van der Waals surface area contributed by atoms with E-state index in [9.17, 15) is 4.79 Å². The van der Waals surface area contributed by atoms with E-state index >= 15 is 0 Å². The van der Waals surface area contributed by atoms with Crippen LogP contribution in [-0.4, -0.2) is 34.1 Å². The summed E-state index contributed by atoms with van der Waals surface area (Å²) in [7, 11) is 1.83. The van der Waals surface area contributed by atoms with Crippen molar-refractivity contribution >= 4 is 29.0 Å². The van der Waals surface area contributed by atoms with E-state index in [1.165, 1.54) is 4.90 Å². The van der Waals surface area contributed by atoms with E-state index in [1.54, 1.807) is 40.4 Å². The average molecular weight is 370 g/mol. The summed E-state index contributed by atoms with van der Waals surface area (Å²) in [6, 6.07) is 12.2. The molecule has 1 aromatic carbocycles. The zero-order valence-corrected chi connectivity index (χ0v) is 15.8. The lowest BCUT2D eigenvalue weighted by molar-refractivity contribution is -0.129. The van der Waals surface area contributed by atoms with Gasteiger partial charge in [-0.3, -0.25) is 9.78 Å². The van der Waals surface area contributed by atoms with Gasteiger partial charge in [0, 0.05) is 41.8 Å². The van der Waals surface area contributed by atoms with Crippen LogP contribution in [0.25, 0.3) is 10.6 Å². The van der Waals surface area contributed by atoms with Crippen molar-refractivity contribution in [2.24, 2.45) is 0 Å². The number of carbonyl (C=O) groups is 1. The van der Waals surface area contributed by atoms with Crippen molar-refractivity contribution < 1.29 is 4.79 Å². The van der Waals surface area contributed by atoms with Crippen molar-refractivity contribution in [2.45, 2.75) is 17.9 Å². The molecule has 3 aromatic rings. The first-order valence-electron chi connectivity index (χ1n) is 7.87. The van der Waals surface area contributed by atoms with Crippen molar-refractivity contribution in [3.05, 3.63) is 65.4 Å². The molecular formula is C19H19N3OS2. The Labute approximate surface area is 155 Å². The number of hydrogen-bond donors (Lipinski definition) is 0. The normalized spacial score (nSPS) is 10.6. The van der Waals surface area contributed by atoms with Gasteiger partial charge in [-0.05, 0) is 36.1 Å². The van der Waals surface area contributed by atoms with Crippen molar-refractivity contribution in [1.82, 2.24) is 14.9 Å². The maximum atomic E-state index is 12.5. The summed E-state index contributed by atoms with van der Waals surface area (Å²) in [6.45, 7) is 0.604. The molecule has 0 aliphatic heterocycles. The second kappa shape index (κ2) is 8.27. The molecule has 0 N–H and O–H groups in total. The maximum Gasteiger partial charge on any atom is 0.228 e. The summed E-state index contributed by atoms with van der Waals surface area (Å²) in [4.78, 5) is 24.1. The Morgan fingerprint density at radius 3 is 2.72 bits per heavy atom. The van der Waals surface area contributed by atoms with E-state index in [4.69, 9.17) is 0 Å². The maximum absolute atomic E-state index is 12.5. The first-order valence-corrected chi connectivity index (χ1v) is 9.98. The fourth-order valence-electron chi connectivity index (χ4n) is 2.39. The molecule has 0 saturated carbocycles. The number of benzene rings is 1. The fraction of sp³-hybridized carbons (Fsp3) is 0.211. The van der Waals surface area contributed by atoms with Crippen LogP contribution in [0.4, 0.5) is 0 Å². The molecule has 0 atom stereocenters. The van der Waals surface area contributed by atoms with Gasteiger partial charge in [-0.1, -0.05) is 12.1 Å². The molecule has 2 heterocycles. The largest absolute Gasteiger partial charge is 0.341 e. The Kier molecular flexibility index (Phi) is 5.83. The van der Waals surface area contributed by atoms with Crippen LogP contribution in [-0.2, 0) is 17.8 Å². The topological polar surface area (TPSA) is 46.1 Å². The van der Waals surface area contributed by atoms with E-state index in [2.05, 4.69) is 40.5 Å². The Balaban J connectivity index is 1.60. The molecule has 3 rings (SSSR count). The van der Waals surface area contributed by atoms with Crippen molar-refractivity contribution in [3.8, 4) is 10.6 Å². The summed E-state index contributed by atoms with van der Waals surface area (Å²) >= 11 is 3.25. The van der Waals surface area contributed by atoms with Crippen molar-refractivity contribution in [3.63, 3.8) is 0 Å². The van der Waals surface area contributed by atoms with E-state index < -0.39 is 0 Å². The van der Waals surface area contributed by atoms with Gasteiger partial charge in [-0.25, -0.2) is 4.98 Å².